The Hall–Kier alpha value is -0.590. The molecule has 92 valence electrons. The lowest BCUT2D eigenvalue weighted by Gasteiger charge is -2.37. The molecule has 3 heteroatoms. The molecule has 3 nitrogen and oxygen atoms in total. The zero-order valence-corrected chi connectivity index (χ0v) is 10.7. The van der Waals surface area contributed by atoms with Crippen LogP contribution in [0.2, 0.25) is 0 Å². The molecule has 2 unspecified atom stereocenters. The predicted octanol–water partition coefficient (Wildman–Crippen LogP) is 3.25. The van der Waals surface area contributed by atoms with E-state index in [9.17, 15) is 5.26 Å². The molecular formula is C13H23NO2. The first kappa shape index (κ1) is 13.5. The zero-order chi connectivity index (χ0) is 12.0. The van der Waals surface area contributed by atoms with Gasteiger partial charge in [-0.25, -0.2) is 0 Å². The number of hydrogen-bond acceptors (Lipinski definition) is 3. The Morgan fingerprint density at radius 2 is 1.94 bits per heavy atom. The first-order chi connectivity index (χ1) is 7.62. The van der Waals surface area contributed by atoms with E-state index in [2.05, 4.69) is 13.0 Å². The SMILES string of the molecule is CCOC(C)OC(C#N)C1(C)CCCCC1. The molecular weight excluding hydrogens is 202 g/mol. The molecule has 0 radical (unpaired) electrons. The van der Waals surface area contributed by atoms with Crippen molar-refractivity contribution in [1.29, 1.82) is 5.26 Å². The van der Waals surface area contributed by atoms with E-state index < -0.39 is 0 Å². The Balaban J connectivity index is 2.55. The highest BCUT2D eigenvalue weighted by molar-refractivity contribution is 4.99. The number of rotatable bonds is 5. The van der Waals surface area contributed by atoms with E-state index in [4.69, 9.17) is 9.47 Å². The van der Waals surface area contributed by atoms with Gasteiger partial charge in [0.1, 0.15) is 0 Å². The van der Waals surface area contributed by atoms with Gasteiger partial charge in [-0.2, -0.15) is 5.26 Å². The number of nitrogens with zero attached hydrogens (tertiary/aromatic N) is 1. The number of hydrogen-bond donors (Lipinski definition) is 0. The van der Waals surface area contributed by atoms with Gasteiger partial charge in [0, 0.05) is 12.0 Å². The summed E-state index contributed by atoms with van der Waals surface area (Å²) in [5.41, 5.74) is 0.0123. The first-order valence-electron chi connectivity index (χ1n) is 6.29. The summed E-state index contributed by atoms with van der Waals surface area (Å²) in [6, 6.07) is 2.30. The van der Waals surface area contributed by atoms with Gasteiger partial charge < -0.3 is 9.47 Å². The maximum Gasteiger partial charge on any atom is 0.156 e. The van der Waals surface area contributed by atoms with E-state index in [1.54, 1.807) is 0 Å². The lowest BCUT2D eigenvalue weighted by atomic mass is 9.72. The second kappa shape index (κ2) is 6.22. The Morgan fingerprint density at radius 1 is 1.31 bits per heavy atom. The van der Waals surface area contributed by atoms with Crippen molar-refractivity contribution in [3.8, 4) is 6.07 Å². The van der Waals surface area contributed by atoms with E-state index in [1.807, 2.05) is 13.8 Å². The van der Waals surface area contributed by atoms with Crippen molar-refractivity contribution >= 4 is 0 Å². The minimum absolute atomic E-state index is 0.0123. The molecule has 16 heavy (non-hydrogen) atoms. The van der Waals surface area contributed by atoms with Gasteiger partial charge in [-0.05, 0) is 26.7 Å². The van der Waals surface area contributed by atoms with Gasteiger partial charge in [0.05, 0.1) is 6.07 Å². The van der Waals surface area contributed by atoms with Crippen LogP contribution in [0.1, 0.15) is 52.9 Å². The largest absolute Gasteiger partial charge is 0.353 e. The molecule has 0 aliphatic heterocycles. The van der Waals surface area contributed by atoms with Crippen LogP contribution in [0.5, 0.6) is 0 Å². The maximum atomic E-state index is 9.23. The molecule has 0 bridgehead atoms. The topological polar surface area (TPSA) is 42.2 Å². The molecule has 1 saturated carbocycles. The molecule has 0 aromatic rings. The van der Waals surface area contributed by atoms with E-state index >= 15 is 0 Å². The maximum absolute atomic E-state index is 9.23. The van der Waals surface area contributed by atoms with Crippen LogP contribution in [0.4, 0.5) is 0 Å². The lowest BCUT2D eigenvalue weighted by Crippen LogP contribution is -2.38. The van der Waals surface area contributed by atoms with Gasteiger partial charge in [0.15, 0.2) is 12.4 Å². The average Bonchev–Trinajstić information content (AvgIpc) is 2.27. The van der Waals surface area contributed by atoms with Crippen LogP contribution in [-0.4, -0.2) is 19.0 Å². The van der Waals surface area contributed by atoms with Crippen LogP contribution in [0.15, 0.2) is 0 Å². The van der Waals surface area contributed by atoms with E-state index in [0.29, 0.717) is 6.61 Å². The van der Waals surface area contributed by atoms with Crippen LogP contribution in [0.25, 0.3) is 0 Å². The number of nitriles is 1. The summed E-state index contributed by atoms with van der Waals surface area (Å²) in [7, 11) is 0. The summed E-state index contributed by atoms with van der Waals surface area (Å²) in [6.45, 7) is 6.58. The highest BCUT2D eigenvalue weighted by Crippen LogP contribution is 2.40. The van der Waals surface area contributed by atoms with Crippen molar-refractivity contribution in [3.05, 3.63) is 0 Å². The van der Waals surface area contributed by atoms with Crippen molar-refractivity contribution in [2.45, 2.75) is 65.3 Å². The summed E-state index contributed by atoms with van der Waals surface area (Å²) < 4.78 is 11.0. The molecule has 0 aromatic carbocycles. The Morgan fingerprint density at radius 3 is 2.44 bits per heavy atom. The molecule has 2 atom stereocenters. The van der Waals surface area contributed by atoms with Gasteiger partial charge in [-0.15, -0.1) is 0 Å². The van der Waals surface area contributed by atoms with E-state index in [0.717, 1.165) is 12.8 Å². The quantitative estimate of drug-likeness (QED) is 0.674. The monoisotopic (exact) mass is 225 g/mol. The van der Waals surface area contributed by atoms with Crippen LogP contribution in [-0.2, 0) is 9.47 Å². The van der Waals surface area contributed by atoms with Crippen LogP contribution in [0.3, 0.4) is 0 Å². The molecule has 1 rings (SSSR count). The average molecular weight is 225 g/mol. The third kappa shape index (κ3) is 3.47. The van der Waals surface area contributed by atoms with Crippen molar-refractivity contribution in [2.24, 2.45) is 5.41 Å². The Bertz CT molecular complexity index is 241. The van der Waals surface area contributed by atoms with Crippen molar-refractivity contribution in [1.82, 2.24) is 0 Å². The van der Waals surface area contributed by atoms with Gasteiger partial charge in [-0.1, -0.05) is 26.2 Å². The lowest BCUT2D eigenvalue weighted by molar-refractivity contribution is -0.172. The van der Waals surface area contributed by atoms with Gasteiger partial charge in [0.2, 0.25) is 0 Å². The molecule has 0 N–H and O–H groups in total. The molecule has 1 aliphatic rings. The van der Waals surface area contributed by atoms with Crippen LogP contribution >= 0.6 is 0 Å². The fourth-order valence-electron chi connectivity index (χ4n) is 2.44. The summed E-state index contributed by atoms with van der Waals surface area (Å²) in [6.07, 6.45) is 5.26. The van der Waals surface area contributed by atoms with E-state index in [1.165, 1.54) is 19.3 Å². The molecule has 0 spiro atoms. The van der Waals surface area contributed by atoms with Crippen molar-refractivity contribution < 1.29 is 9.47 Å². The second-order valence-electron chi connectivity index (χ2n) is 4.88. The second-order valence-corrected chi connectivity index (χ2v) is 4.88. The Labute approximate surface area is 98.7 Å². The van der Waals surface area contributed by atoms with Crippen LogP contribution in [0, 0.1) is 16.7 Å². The Kier molecular flexibility index (Phi) is 5.24. The molecule has 0 saturated heterocycles. The summed E-state index contributed by atoms with van der Waals surface area (Å²) >= 11 is 0. The van der Waals surface area contributed by atoms with Crippen LogP contribution < -0.4 is 0 Å². The molecule has 1 aliphatic carbocycles. The standard InChI is InChI=1S/C13H23NO2/c1-4-15-11(2)16-12(10-14)13(3)8-6-5-7-9-13/h11-12H,4-9H2,1-3H3. The van der Waals surface area contributed by atoms with E-state index in [-0.39, 0.29) is 17.8 Å². The molecule has 0 amide bonds. The van der Waals surface area contributed by atoms with Gasteiger partial charge in [-0.3, -0.25) is 0 Å². The minimum Gasteiger partial charge on any atom is -0.353 e. The van der Waals surface area contributed by atoms with Crippen molar-refractivity contribution in [3.63, 3.8) is 0 Å². The summed E-state index contributed by atoms with van der Waals surface area (Å²) in [4.78, 5) is 0. The molecule has 1 fully saturated rings. The normalized spacial score (nSPS) is 23.4. The number of ether oxygens (including phenoxy) is 2. The minimum atomic E-state index is -0.339. The highest BCUT2D eigenvalue weighted by Gasteiger charge is 2.37. The third-order valence-corrected chi connectivity index (χ3v) is 3.48. The first-order valence-corrected chi connectivity index (χ1v) is 6.29. The molecule has 0 aromatic heterocycles. The predicted molar refractivity (Wildman–Crippen MR) is 62.8 cm³/mol. The van der Waals surface area contributed by atoms with Crippen molar-refractivity contribution in [2.75, 3.05) is 6.61 Å². The van der Waals surface area contributed by atoms with Gasteiger partial charge >= 0.3 is 0 Å². The third-order valence-electron chi connectivity index (χ3n) is 3.48. The summed E-state index contributed by atoms with van der Waals surface area (Å²) in [5, 5.41) is 9.23. The fraction of sp³-hybridized carbons (Fsp3) is 0.923. The fourth-order valence-corrected chi connectivity index (χ4v) is 2.44. The van der Waals surface area contributed by atoms with Gasteiger partial charge in [0.25, 0.3) is 0 Å². The molecule has 0 heterocycles. The highest BCUT2D eigenvalue weighted by atomic mass is 16.7. The zero-order valence-electron chi connectivity index (χ0n) is 10.7. The summed E-state index contributed by atoms with van der Waals surface area (Å²) in [5.74, 6) is 0. The smallest absolute Gasteiger partial charge is 0.156 e.